The number of amides is 2. The van der Waals surface area contributed by atoms with Gasteiger partial charge in [-0.2, -0.15) is 0 Å². The monoisotopic (exact) mass is 302 g/mol. The minimum Gasteiger partial charge on any atom is -0.378 e. The van der Waals surface area contributed by atoms with Crippen molar-refractivity contribution < 1.29 is 19.1 Å². The second-order valence-corrected chi connectivity index (χ2v) is 4.59. The Morgan fingerprint density at radius 3 is 2.32 bits per heavy atom. The van der Waals surface area contributed by atoms with Crippen LogP contribution in [0.15, 0.2) is 54.6 Å². The highest BCUT2D eigenvalue weighted by Crippen LogP contribution is 2.11. The molecule has 2 rings (SSSR count). The van der Waals surface area contributed by atoms with E-state index in [4.69, 9.17) is 0 Å². The maximum absolute atomic E-state index is 12.7. The molecule has 0 bridgehead atoms. The van der Waals surface area contributed by atoms with Gasteiger partial charge in [-0.15, -0.1) is 0 Å². The first-order valence-corrected chi connectivity index (χ1v) is 6.62. The lowest BCUT2D eigenvalue weighted by atomic mass is 10.1. The van der Waals surface area contributed by atoms with E-state index in [1.165, 1.54) is 24.3 Å². The minimum absolute atomic E-state index is 0.292. The number of nitrogens with one attached hydrogen (secondary N) is 2. The lowest BCUT2D eigenvalue weighted by Gasteiger charge is -2.11. The second kappa shape index (κ2) is 7.33. The van der Waals surface area contributed by atoms with Crippen molar-refractivity contribution in [2.24, 2.45) is 0 Å². The third-order valence-corrected chi connectivity index (χ3v) is 2.91. The summed E-state index contributed by atoms with van der Waals surface area (Å²) in [6.45, 7) is -0.292. The number of carbonyl (C=O) groups is 2. The summed E-state index contributed by atoms with van der Waals surface area (Å²) in [5, 5.41) is 14.7. The molecule has 0 aliphatic carbocycles. The molecule has 22 heavy (non-hydrogen) atoms. The van der Waals surface area contributed by atoms with Gasteiger partial charge in [0.25, 0.3) is 5.91 Å². The highest BCUT2D eigenvalue weighted by Gasteiger charge is 2.17. The Hall–Kier alpha value is -2.73. The van der Waals surface area contributed by atoms with Crippen LogP contribution in [0.5, 0.6) is 0 Å². The zero-order chi connectivity index (χ0) is 15.9. The van der Waals surface area contributed by atoms with Gasteiger partial charge < -0.3 is 15.7 Å². The van der Waals surface area contributed by atoms with Gasteiger partial charge >= 0.3 is 0 Å². The maximum atomic E-state index is 12.7. The average molecular weight is 302 g/mol. The van der Waals surface area contributed by atoms with Crippen LogP contribution in [-0.4, -0.2) is 23.5 Å². The standard InChI is InChI=1S/C16H15FN2O3/c17-12-6-8-13(9-7-12)19-14(20)10-18-16(22)15(21)11-4-2-1-3-5-11/h1-9,15,21H,10H2,(H,18,22)(H,19,20). The van der Waals surface area contributed by atoms with Gasteiger partial charge in [-0.1, -0.05) is 30.3 Å². The second-order valence-electron chi connectivity index (χ2n) is 4.59. The van der Waals surface area contributed by atoms with Crippen LogP contribution in [0.3, 0.4) is 0 Å². The van der Waals surface area contributed by atoms with Crippen molar-refractivity contribution in [2.75, 3.05) is 11.9 Å². The largest absolute Gasteiger partial charge is 0.378 e. The van der Waals surface area contributed by atoms with Crippen LogP contribution in [0.25, 0.3) is 0 Å². The number of hydrogen-bond acceptors (Lipinski definition) is 3. The maximum Gasteiger partial charge on any atom is 0.253 e. The molecule has 0 aromatic heterocycles. The number of benzene rings is 2. The molecule has 0 spiro atoms. The fourth-order valence-corrected chi connectivity index (χ4v) is 1.79. The lowest BCUT2D eigenvalue weighted by Crippen LogP contribution is -2.36. The number of aliphatic hydroxyl groups is 1. The van der Waals surface area contributed by atoms with E-state index in [0.717, 1.165) is 0 Å². The van der Waals surface area contributed by atoms with Gasteiger partial charge in [0.15, 0.2) is 6.10 Å². The molecule has 1 unspecified atom stereocenters. The van der Waals surface area contributed by atoms with Crippen molar-refractivity contribution in [1.82, 2.24) is 5.32 Å². The Kier molecular flexibility index (Phi) is 5.21. The Morgan fingerprint density at radius 1 is 1.05 bits per heavy atom. The lowest BCUT2D eigenvalue weighted by molar-refractivity contribution is -0.131. The molecular weight excluding hydrogens is 287 g/mol. The molecule has 0 radical (unpaired) electrons. The summed E-state index contributed by atoms with van der Waals surface area (Å²) >= 11 is 0. The number of rotatable bonds is 5. The highest BCUT2D eigenvalue weighted by molar-refractivity contribution is 5.95. The van der Waals surface area contributed by atoms with Crippen LogP contribution in [-0.2, 0) is 9.59 Å². The summed E-state index contributed by atoms with van der Waals surface area (Å²) in [5.41, 5.74) is 0.864. The van der Waals surface area contributed by atoms with Gasteiger partial charge in [-0.3, -0.25) is 9.59 Å². The molecule has 5 nitrogen and oxygen atoms in total. The number of carbonyl (C=O) groups excluding carboxylic acids is 2. The van der Waals surface area contributed by atoms with E-state index in [-0.39, 0.29) is 6.54 Å². The summed E-state index contributed by atoms with van der Waals surface area (Å²) < 4.78 is 12.7. The minimum atomic E-state index is -1.33. The highest BCUT2D eigenvalue weighted by atomic mass is 19.1. The first kappa shape index (κ1) is 15.7. The molecule has 0 aliphatic rings. The van der Waals surface area contributed by atoms with E-state index in [0.29, 0.717) is 11.3 Å². The van der Waals surface area contributed by atoms with E-state index < -0.39 is 23.7 Å². The summed E-state index contributed by atoms with van der Waals surface area (Å²) in [6, 6.07) is 13.7. The molecule has 2 aromatic rings. The first-order chi connectivity index (χ1) is 10.6. The Bertz CT molecular complexity index is 644. The Morgan fingerprint density at radius 2 is 1.68 bits per heavy atom. The Balaban J connectivity index is 1.83. The van der Waals surface area contributed by atoms with E-state index in [1.807, 2.05) is 0 Å². The molecule has 0 aliphatic heterocycles. The molecule has 0 fully saturated rings. The first-order valence-electron chi connectivity index (χ1n) is 6.62. The molecular formula is C16H15FN2O3. The van der Waals surface area contributed by atoms with E-state index in [2.05, 4.69) is 10.6 Å². The van der Waals surface area contributed by atoms with Crippen molar-refractivity contribution in [1.29, 1.82) is 0 Å². The number of halogens is 1. The van der Waals surface area contributed by atoms with Crippen LogP contribution in [0.1, 0.15) is 11.7 Å². The SMILES string of the molecule is O=C(CNC(=O)C(O)c1ccccc1)Nc1ccc(F)cc1. The summed E-state index contributed by atoms with van der Waals surface area (Å²) in [4.78, 5) is 23.4. The smallest absolute Gasteiger partial charge is 0.253 e. The van der Waals surface area contributed by atoms with Gasteiger partial charge in [0.1, 0.15) is 5.82 Å². The van der Waals surface area contributed by atoms with Gasteiger partial charge in [0.2, 0.25) is 5.91 Å². The van der Waals surface area contributed by atoms with Crippen LogP contribution in [0.4, 0.5) is 10.1 Å². The molecule has 114 valence electrons. The normalized spacial score (nSPS) is 11.5. The molecule has 0 saturated carbocycles. The van der Waals surface area contributed by atoms with E-state index in [1.54, 1.807) is 30.3 Å². The summed E-state index contributed by atoms with van der Waals surface area (Å²) in [7, 11) is 0. The van der Waals surface area contributed by atoms with Crippen molar-refractivity contribution >= 4 is 17.5 Å². The molecule has 0 saturated heterocycles. The topological polar surface area (TPSA) is 78.4 Å². The molecule has 3 N–H and O–H groups in total. The van der Waals surface area contributed by atoms with Crippen molar-refractivity contribution in [3.05, 3.63) is 66.0 Å². The van der Waals surface area contributed by atoms with Gasteiger partial charge in [-0.05, 0) is 29.8 Å². The Labute approximate surface area is 126 Å². The van der Waals surface area contributed by atoms with Gasteiger partial charge in [0.05, 0.1) is 6.54 Å². The van der Waals surface area contributed by atoms with Gasteiger partial charge in [-0.25, -0.2) is 4.39 Å². The number of anilines is 1. The van der Waals surface area contributed by atoms with Crippen LogP contribution in [0, 0.1) is 5.82 Å². The number of hydrogen-bond donors (Lipinski definition) is 3. The third-order valence-electron chi connectivity index (χ3n) is 2.91. The molecule has 2 aromatic carbocycles. The van der Waals surface area contributed by atoms with E-state index >= 15 is 0 Å². The molecule has 6 heteroatoms. The van der Waals surface area contributed by atoms with Crippen LogP contribution >= 0.6 is 0 Å². The zero-order valence-corrected chi connectivity index (χ0v) is 11.6. The quantitative estimate of drug-likeness (QED) is 0.785. The fraction of sp³-hybridized carbons (Fsp3) is 0.125. The van der Waals surface area contributed by atoms with Crippen LogP contribution < -0.4 is 10.6 Å². The predicted octanol–water partition coefficient (Wildman–Crippen LogP) is 1.61. The summed E-state index contributed by atoms with van der Waals surface area (Å²) in [6.07, 6.45) is -1.33. The molecule has 2 amide bonds. The molecule has 0 heterocycles. The number of aliphatic hydroxyl groups excluding tert-OH is 1. The predicted molar refractivity (Wildman–Crippen MR) is 79.4 cm³/mol. The van der Waals surface area contributed by atoms with E-state index in [9.17, 15) is 19.1 Å². The molecule has 1 atom stereocenters. The van der Waals surface area contributed by atoms with Gasteiger partial charge in [0, 0.05) is 5.69 Å². The van der Waals surface area contributed by atoms with Crippen molar-refractivity contribution in [3.8, 4) is 0 Å². The van der Waals surface area contributed by atoms with Crippen LogP contribution in [0.2, 0.25) is 0 Å². The van der Waals surface area contributed by atoms with Crippen molar-refractivity contribution in [3.63, 3.8) is 0 Å². The zero-order valence-electron chi connectivity index (χ0n) is 11.6. The fourth-order valence-electron chi connectivity index (χ4n) is 1.79. The van der Waals surface area contributed by atoms with Crippen molar-refractivity contribution in [2.45, 2.75) is 6.10 Å². The average Bonchev–Trinajstić information content (AvgIpc) is 2.55. The third kappa shape index (κ3) is 4.39. The summed E-state index contributed by atoms with van der Waals surface area (Å²) in [5.74, 6) is -1.54.